The van der Waals surface area contributed by atoms with E-state index in [1.807, 2.05) is 13.8 Å². The minimum absolute atomic E-state index is 0.0835. The van der Waals surface area contributed by atoms with Gasteiger partial charge in [-0.05, 0) is 26.0 Å². The Morgan fingerprint density at radius 3 is 2.89 bits per heavy atom. The summed E-state index contributed by atoms with van der Waals surface area (Å²) >= 11 is 0. The van der Waals surface area contributed by atoms with Crippen molar-refractivity contribution in [2.24, 2.45) is 0 Å². The van der Waals surface area contributed by atoms with Crippen molar-refractivity contribution in [3.8, 4) is 5.88 Å². The molecule has 6 heteroatoms. The van der Waals surface area contributed by atoms with Crippen molar-refractivity contribution in [2.45, 2.75) is 26.3 Å². The summed E-state index contributed by atoms with van der Waals surface area (Å²) in [5.74, 6) is 0.897. The summed E-state index contributed by atoms with van der Waals surface area (Å²) in [6, 6.07) is 3.58. The van der Waals surface area contributed by atoms with E-state index < -0.39 is 0 Å². The van der Waals surface area contributed by atoms with Crippen molar-refractivity contribution in [3.05, 3.63) is 36.0 Å². The predicted octanol–water partition coefficient (Wildman–Crippen LogP) is 1.69. The summed E-state index contributed by atoms with van der Waals surface area (Å²) in [7, 11) is 1.50. The maximum absolute atomic E-state index is 12.3. The van der Waals surface area contributed by atoms with E-state index in [4.69, 9.17) is 4.74 Å². The Hall–Kier alpha value is -2.24. The molecule has 2 aromatic heterocycles. The van der Waals surface area contributed by atoms with Gasteiger partial charge in [-0.25, -0.2) is 14.6 Å². The van der Waals surface area contributed by atoms with Gasteiger partial charge in [-0.1, -0.05) is 0 Å². The predicted molar refractivity (Wildman–Crippen MR) is 69.2 cm³/mol. The van der Waals surface area contributed by atoms with Crippen LogP contribution in [0.4, 0.5) is 0 Å². The lowest BCUT2D eigenvalue weighted by atomic mass is 10.1. The van der Waals surface area contributed by atoms with E-state index in [1.54, 1.807) is 23.0 Å². The van der Waals surface area contributed by atoms with Crippen LogP contribution >= 0.6 is 0 Å². The van der Waals surface area contributed by atoms with E-state index in [-0.39, 0.29) is 18.2 Å². The van der Waals surface area contributed by atoms with E-state index in [9.17, 15) is 4.79 Å². The molecular formula is C13H16N4O2. The topological polar surface area (TPSA) is 69.9 Å². The Morgan fingerprint density at radius 1 is 1.42 bits per heavy atom. The molecule has 0 aliphatic carbocycles. The molecule has 0 aromatic carbocycles. The van der Waals surface area contributed by atoms with Crippen LogP contribution < -0.4 is 4.74 Å². The maximum atomic E-state index is 12.3. The van der Waals surface area contributed by atoms with E-state index in [2.05, 4.69) is 15.1 Å². The number of carbonyl (C=O) groups excluding carboxylic acids is 1. The fourth-order valence-corrected chi connectivity index (χ4v) is 1.84. The fourth-order valence-electron chi connectivity index (χ4n) is 1.84. The van der Waals surface area contributed by atoms with Crippen molar-refractivity contribution in [1.29, 1.82) is 0 Å². The first-order valence-electron chi connectivity index (χ1n) is 6.04. The molecule has 0 saturated heterocycles. The third-order valence-electron chi connectivity index (χ3n) is 2.72. The van der Waals surface area contributed by atoms with Crippen LogP contribution in [-0.2, 0) is 6.42 Å². The number of Topliss-reactive ketones (excluding diaryl/α,β-unsaturated/α-hetero) is 1. The van der Waals surface area contributed by atoms with Crippen molar-refractivity contribution >= 4 is 5.78 Å². The Kier molecular flexibility index (Phi) is 3.89. The molecule has 0 aliphatic rings. The summed E-state index contributed by atoms with van der Waals surface area (Å²) in [6.45, 7) is 3.99. The van der Waals surface area contributed by atoms with Crippen LogP contribution in [-0.4, -0.2) is 32.6 Å². The quantitative estimate of drug-likeness (QED) is 0.765. The monoisotopic (exact) mass is 260 g/mol. The molecule has 0 aliphatic heterocycles. The third-order valence-corrected chi connectivity index (χ3v) is 2.72. The number of ether oxygens (including phenoxy) is 1. The first-order valence-corrected chi connectivity index (χ1v) is 6.04. The number of ketones is 1. The molecule has 0 atom stereocenters. The molecule has 6 nitrogen and oxygen atoms in total. The van der Waals surface area contributed by atoms with E-state index in [0.29, 0.717) is 17.3 Å². The highest BCUT2D eigenvalue weighted by Crippen LogP contribution is 2.16. The normalized spacial score (nSPS) is 10.7. The van der Waals surface area contributed by atoms with Gasteiger partial charge in [-0.3, -0.25) is 4.79 Å². The molecule has 100 valence electrons. The van der Waals surface area contributed by atoms with Gasteiger partial charge in [0.2, 0.25) is 5.88 Å². The third kappa shape index (κ3) is 2.78. The number of hydrogen-bond acceptors (Lipinski definition) is 5. The standard InChI is InChI=1S/C13H16N4O2/c1-9(2)17-12(15-8-16-17)7-11(18)10-5-4-6-14-13(10)19-3/h4-6,8-9H,7H2,1-3H3. The van der Waals surface area contributed by atoms with Gasteiger partial charge in [0.1, 0.15) is 12.2 Å². The molecule has 19 heavy (non-hydrogen) atoms. The fraction of sp³-hybridized carbons (Fsp3) is 0.385. The lowest BCUT2D eigenvalue weighted by molar-refractivity contribution is 0.0985. The number of hydrogen-bond donors (Lipinski definition) is 0. The summed E-state index contributed by atoms with van der Waals surface area (Å²) in [4.78, 5) is 20.4. The van der Waals surface area contributed by atoms with Crippen LogP contribution in [0.3, 0.4) is 0 Å². The van der Waals surface area contributed by atoms with Gasteiger partial charge < -0.3 is 4.74 Å². The zero-order chi connectivity index (χ0) is 13.8. The molecule has 2 rings (SSSR count). The van der Waals surface area contributed by atoms with Crippen LogP contribution in [0.1, 0.15) is 36.1 Å². The number of nitrogens with zero attached hydrogens (tertiary/aromatic N) is 4. The van der Waals surface area contributed by atoms with E-state index in [1.165, 1.54) is 13.4 Å². The zero-order valence-electron chi connectivity index (χ0n) is 11.2. The SMILES string of the molecule is COc1ncccc1C(=O)Cc1ncnn1C(C)C. The molecule has 0 radical (unpaired) electrons. The van der Waals surface area contributed by atoms with Crippen LogP contribution in [0.2, 0.25) is 0 Å². The lowest BCUT2D eigenvalue weighted by Crippen LogP contribution is -2.14. The van der Waals surface area contributed by atoms with Crippen LogP contribution in [0, 0.1) is 0 Å². The Labute approximate surface area is 111 Å². The highest BCUT2D eigenvalue weighted by Gasteiger charge is 2.17. The van der Waals surface area contributed by atoms with Crippen LogP contribution in [0.15, 0.2) is 24.7 Å². The van der Waals surface area contributed by atoms with Crippen molar-refractivity contribution in [1.82, 2.24) is 19.7 Å². The van der Waals surface area contributed by atoms with Gasteiger partial charge in [0, 0.05) is 12.2 Å². The van der Waals surface area contributed by atoms with Crippen molar-refractivity contribution < 1.29 is 9.53 Å². The summed E-state index contributed by atoms with van der Waals surface area (Å²) in [5, 5.41) is 4.11. The Bertz CT molecular complexity index is 578. The minimum Gasteiger partial charge on any atom is -0.480 e. The number of rotatable bonds is 5. The number of methoxy groups -OCH3 is 1. The first-order chi connectivity index (χ1) is 9.13. The average Bonchev–Trinajstić information content (AvgIpc) is 2.87. The second-order valence-electron chi connectivity index (χ2n) is 4.37. The molecule has 2 aromatic rings. The molecule has 0 bridgehead atoms. The average molecular weight is 260 g/mol. The molecule has 0 spiro atoms. The largest absolute Gasteiger partial charge is 0.480 e. The van der Waals surface area contributed by atoms with Gasteiger partial charge >= 0.3 is 0 Å². The molecule has 0 amide bonds. The Balaban J connectivity index is 2.23. The van der Waals surface area contributed by atoms with Crippen molar-refractivity contribution in [3.63, 3.8) is 0 Å². The first kappa shape index (κ1) is 13.2. The van der Waals surface area contributed by atoms with Crippen molar-refractivity contribution in [2.75, 3.05) is 7.11 Å². The highest BCUT2D eigenvalue weighted by molar-refractivity contribution is 5.99. The van der Waals surface area contributed by atoms with Gasteiger partial charge in [0.15, 0.2) is 5.78 Å². The molecule has 0 N–H and O–H groups in total. The van der Waals surface area contributed by atoms with E-state index in [0.717, 1.165) is 0 Å². The Morgan fingerprint density at radius 2 is 2.21 bits per heavy atom. The molecule has 0 fully saturated rings. The van der Waals surface area contributed by atoms with Gasteiger partial charge in [-0.2, -0.15) is 5.10 Å². The minimum atomic E-state index is -0.0835. The number of aromatic nitrogens is 4. The smallest absolute Gasteiger partial charge is 0.224 e. The second-order valence-corrected chi connectivity index (χ2v) is 4.37. The summed E-state index contributed by atoms with van der Waals surface area (Å²) in [5.41, 5.74) is 0.461. The lowest BCUT2D eigenvalue weighted by Gasteiger charge is -2.09. The van der Waals surface area contributed by atoms with E-state index >= 15 is 0 Å². The number of carbonyl (C=O) groups is 1. The molecule has 0 unspecified atom stereocenters. The number of pyridine rings is 1. The van der Waals surface area contributed by atoms with Crippen LogP contribution in [0.5, 0.6) is 5.88 Å². The molecular weight excluding hydrogens is 244 g/mol. The summed E-state index contributed by atoms with van der Waals surface area (Å²) in [6.07, 6.45) is 3.23. The summed E-state index contributed by atoms with van der Waals surface area (Å²) < 4.78 is 6.83. The zero-order valence-corrected chi connectivity index (χ0v) is 11.2. The molecule has 2 heterocycles. The van der Waals surface area contributed by atoms with Gasteiger partial charge in [0.25, 0.3) is 0 Å². The van der Waals surface area contributed by atoms with Gasteiger partial charge in [-0.15, -0.1) is 0 Å². The second kappa shape index (κ2) is 5.60. The highest BCUT2D eigenvalue weighted by atomic mass is 16.5. The van der Waals surface area contributed by atoms with Crippen LogP contribution in [0.25, 0.3) is 0 Å². The van der Waals surface area contributed by atoms with Gasteiger partial charge in [0.05, 0.1) is 19.1 Å². The molecule has 0 saturated carbocycles. The maximum Gasteiger partial charge on any atom is 0.224 e.